The summed E-state index contributed by atoms with van der Waals surface area (Å²) in [5.74, 6) is 2.17. The van der Waals surface area contributed by atoms with Crippen LogP contribution in [0.1, 0.15) is 48.9 Å². The fraction of sp³-hybridized carbons (Fsp3) is 0.533. The Bertz CT molecular complexity index is 1350. The van der Waals surface area contributed by atoms with E-state index in [0.29, 0.717) is 35.1 Å². The van der Waals surface area contributed by atoms with Gasteiger partial charge in [0.05, 0.1) is 32.1 Å². The molecule has 3 aliphatic rings. The molecule has 0 spiro atoms. The minimum absolute atomic E-state index is 0.00326. The lowest BCUT2D eigenvalue weighted by Crippen LogP contribution is -2.50. The van der Waals surface area contributed by atoms with Gasteiger partial charge in [-0.15, -0.1) is 6.42 Å². The number of likely N-dealkylation sites (tertiary alicyclic amines) is 1. The van der Waals surface area contributed by atoms with Gasteiger partial charge >= 0.3 is 0 Å². The number of carbonyl (C=O) groups is 2. The van der Waals surface area contributed by atoms with Gasteiger partial charge in [-0.25, -0.2) is 9.37 Å². The fourth-order valence-electron chi connectivity index (χ4n) is 6.02. The van der Waals surface area contributed by atoms with Crippen LogP contribution in [0.2, 0.25) is 0 Å². The minimum atomic E-state index is -2.48. The lowest BCUT2D eigenvalue weighted by Gasteiger charge is -2.32. The number of halogens is 1. The number of hydrogen-bond acceptors (Lipinski definition) is 9. The van der Waals surface area contributed by atoms with E-state index >= 15 is 4.39 Å². The number of rotatable bonds is 8. The van der Waals surface area contributed by atoms with Gasteiger partial charge in [0, 0.05) is 44.3 Å². The van der Waals surface area contributed by atoms with Gasteiger partial charge in [-0.05, 0) is 43.9 Å². The first-order valence-corrected chi connectivity index (χ1v) is 14.4. The molecule has 3 heterocycles. The van der Waals surface area contributed by atoms with Crippen molar-refractivity contribution in [2.45, 2.75) is 56.3 Å². The summed E-state index contributed by atoms with van der Waals surface area (Å²) in [6.07, 6.45) is 12.4. The molecular formula is C30H38FN7O4. The van der Waals surface area contributed by atoms with E-state index < -0.39 is 11.6 Å². The van der Waals surface area contributed by atoms with Crippen LogP contribution in [0.3, 0.4) is 0 Å². The van der Waals surface area contributed by atoms with Crippen LogP contribution in [0.25, 0.3) is 0 Å². The third-order valence-electron chi connectivity index (χ3n) is 8.46. The molecule has 1 aromatic heterocycles. The molecule has 1 saturated carbocycles. The van der Waals surface area contributed by atoms with Gasteiger partial charge in [-0.1, -0.05) is 18.8 Å². The molecule has 5 rings (SSSR count). The molecule has 0 radical (unpaired) electrons. The van der Waals surface area contributed by atoms with Gasteiger partial charge in [0.2, 0.25) is 5.95 Å². The molecule has 2 aromatic rings. The number of fused-ring (bicyclic) bond motifs is 1. The summed E-state index contributed by atoms with van der Waals surface area (Å²) in [6, 6.07) is 5.15. The first kappa shape index (κ1) is 29.5. The zero-order valence-corrected chi connectivity index (χ0v) is 24.1. The maximum atomic E-state index is 15.7. The van der Waals surface area contributed by atoms with Crippen LogP contribution in [-0.2, 0) is 4.79 Å². The Morgan fingerprint density at radius 3 is 2.67 bits per heavy atom. The molecule has 0 bridgehead atoms. The second-order valence-corrected chi connectivity index (χ2v) is 11.1. The highest BCUT2D eigenvalue weighted by atomic mass is 19.1. The van der Waals surface area contributed by atoms with E-state index in [1.54, 1.807) is 18.2 Å². The number of ether oxygens (including phenoxy) is 1. The quantitative estimate of drug-likeness (QED) is 0.405. The van der Waals surface area contributed by atoms with Crippen molar-refractivity contribution in [2.24, 2.45) is 0 Å². The summed E-state index contributed by atoms with van der Waals surface area (Å²) in [5, 5.41) is 15.4. The molecule has 1 saturated heterocycles. The summed E-state index contributed by atoms with van der Waals surface area (Å²) >= 11 is 0. The number of nitrogens with zero attached hydrogens (tertiary/aromatic N) is 5. The number of aliphatic hydroxyl groups is 1. The lowest BCUT2D eigenvalue weighted by molar-refractivity contribution is -0.125. The second kappa shape index (κ2) is 12.5. The number of terminal acetylenes is 1. The van der Waals surface area contributed by atoms with Crippen molar-refractivity contribution in [3.05, 3.63) is 30.0 Å². The van der Waals surface area contributed by atoms with Gasteiger partial charge in [0.1, 0.15) is 11.4 Å². The summed E-state index contributed by atoms with van der Waals surface area (Å²) < 4.78 is 21.3. The number of β-amino-alcohol motifs (C(OH)–C–C–N with tert-alkyl or cyclic N) is 1. The van der Waals surface area contributed by atoms with Gasteiger partial charge in [0.15, 0.2) is 5.82 Å². The summed E-state index contributed by atoms with van der Waals surface area (Å²) in [5.41, 5.74) is -1.10. The van der Waals surface area contributed by atoms with E-state index in [1.807, 2.05) is 4.90 Å². The van der Waals surface area contributed by atoms with Gasteiger partial charge < -0.3 is 35.2 Å². The van der Waals surface area contributed by atoms with Crippen molar-refractivity contribution in [2.75, 3.05) is 62.1 Å². The van der Waals surface area contributed by atoms with Crippen molar-refractivity contribution in [1.82, 2.24) is 20.2 Å². The monoisotopic (exact) mass is 579 g/mol. The van der Waals surface area contributed by atoms with E-state index in [-0.39, 0.29) is 37.1 Å². The number of methoxy groups -OCH3 is 1. The van der Waals surface area contributed by atoms with Crippen molar-refractivity contribution >= 4 is 35.0 Å². The highest BCUT2D eigenvalue weighted by molar-refractivity contribution is 6.05. The van der Waals surface area contributed by atoms with Gasteiger partial charge in [-0.3, -0.25) is 9.59 Å². The van der Waals surface area contributed by atoms with E-state index in [0.717, 1.165) is 51.6 Å². The van der Waals surface area contributed by atoms with Crippen LogP contribution in [0, 0.1) is 12.3 Å². The zero-order chi connectivity index (χ0) is 29.9. The maximum absolute atomic E-state index is 15.7. The topological polar surface area (TPSA) is 123 Å². The Labute approximate surface area is 245 Å². The highest BCUT2D eigenvalue weighted by Crippen LogP contribution is 2.39. The summed E-state index contributed by atoms with van der Waals surface area (Å²) in [4.78, 5) is 40.3. The number of nitrogens with one attached hydrogen (secondary N) is 2. The minimum Gasteiger partial charge on any atom is -0.495 e. The van der Waals surface area contributed by atoms with Crippen LogP contribution in [0.15, 0.2) is 24.4 Å². The first-order valence-electron chi connectivity index (χ1n) is 14.4. The average molecular weight is 580 g/mol. The molecule has 42 heavy (non-hydrogen) atoms. The van der Waals surface area contributed by atoms with E-state index in [2.05, 4.69) is 26.4 Å². The van der Waals surface area contributed by atoms with Crippen LogP contribution in [0.4, 0.5) is 27.5 Å². The summed E-state index contributed by atoms with van der Waals surface area (Å²) in [6.45, 7) is 2.15. The Hall–Kier alpha value is -3.95. The number of aliphatic hydroxyl groups excluding tert-OH is 1. The molecule has 3 N–H and O–H groups in total. The molecule has 1 aromatic carbocycles. The predicted molar refractivity (Wildman–Crippen MR) is 158 cm³/mol. The van der Waals surface area contributed by atoms with Crippen molar-refractivity contribution < 1.29 is 23.8 Å². The Morgan fingerprint density at radius 2 is 2.00 bits per heavy atom. The third kappa shape index (κ3) is 5.98. The average Bonchev–Trinajstić information content (AvgIpc) is 3.53. The standard InChI is InChI=1S/C30H38FN7O4/c1-4-30(31)19-38(22-7-5-6-8-22)26-24(36(2)28(30)41)18-32-29(35-26)34-23-10-9-20(17-25(23)42-3)27(40)33-21-11-13-37(14-12-21)15-16-39/h1,9-10,17-18,21-22,39H,5-8,11-16,19H2,2-3H3,(H,33,40)(H,32,34,35)/t30-/m1/s1. The number of amides is 2. The molecule has 1 atom stereocenters. The highest BCUT2D eigenvalue weighted by Gasteiger charge is 2.47. The molecule has 2 amide bonds. The summed E-state index contributed by atoms with van der Waals surface area (Å²) in [7, 11) is 2.99. The molecule has 2 fully saturated rings. The molecule has 12 heteroatoms. The van der Waals surface area contributed by atoms with Crippen LogP contribution in [-0.4, -0.2) is 96.5 Å². The Morgan fingerprint density at radius 1 is 1.26 bits per heavy atom. The second-order valence-electron chi connectivity index (χ2n) is 11.1. The van der Waals surface area contributed by atoms with Crippen LogP contribution in [0.5, 0.6) is 5.75 Å². The SMILES string of the molecule is C#C[C@@]1(F)CN(C2CCCC2)c2nc(Nc3ccc(C(=O)NC4CCN(CCO)CC4)cc3OC)ncc2N(C)C1=O. The molecule has 2 aliphatic heterocycles. The van der Waals surface area contributed by atoms with Crippen molar-refractivity contribution in [3.63, 3.8) is 0 Å². The Balaban J connectivity index is 1.36. The zero-order valence-electron chi connectivity index (χ0n) is 24.1. The number of hydrogen-bond donors (Lipinski definition) is 3. The van der Waals surface area contributed by atoms with Crippen molar-refractivity contribution in [3.8, 4) is 18.1 Å². The lowest BCUT2D eigenvalue weighted by atomic mass is 10.0. The van der Waals surface area contributed by atoms with Gasteiger partial charge in [0.25, 0.3) is 17.5 Å². The number of piperidine rings is 1. The Kier molecular flexibility index (Phi) is 8.80. The van der Waals surface area contributed by atoms with Crippen LogP contribution < -0.4 is 25.2 Å². The normalized spacial score (nSPS) is 21.9. The number of carbonyl (C=O) groups excluding carboxylic acids is 2. The predicted octanol–water partition coefficient (Wildman–Crippen LogP) is 2.48. The van der Waals surface area contributed by atoms with E-state index in [9.17, 15) is 9.59 Å². The smallest absolute Gasteiger partial charge is 0.279 e. The van der Waals surface area contributed by atoms with E-state index in [1.165, 1.54) is 25.3 Å². The number of benzene rings is 1. The molecule has 11 nitrogen and oxygen atoms in total. The fourth-order valence-corrected chi connectivity index (χ4v) is 6.02. The largest absolute Gasteiger partial charge is 0.495 e. The maximum Gasteiger partial charge on any atom is 0.279 e. The third-order valence-corrected chi connectivity index (χ3v) is 8.46. The van der Waals surface area contributed by atoms with E-state index in [4.69, 9.17) is 21.3 Å². The van der Waals surface area contributed by atoms with Gasteiger partial charge in [-0.2, -0.15) is 4.98 Å². The van der Waals surface area contributed by atoms with Crippen LogP contribution >= 0.6 is 0 Å². The number of alkyl halides is 1. The first-order chi connectivity index (χ1) is 20.3. The number of aromatic nitrogens is 2. The molecule has 0 unspecified atom stereocenters. The number of anilines is 4. The molecular weight excluding hydrogens is 541 g/mol. The molecule has 1 aliphatic carbocycles. The van der Waals surface area contributed by atoms with Crippen molar-refractivity contribution in [1.29, 1.82) is 0 Å². The molecule has 224 valence electrons.